The minimum absolute atomic E-state index is 0.715. The van der Waals surface area contributed by atoms with Crippen LogP contribution in [0.5, 0.6) is 0 Å². The quantitative estimate of drug-likeness (QED) is 0.171. The first kappa shape index (κ1) is 26.1. The molecular weight excluding hydrogens is 456 g/mol. The van der Waals surface area contributed by atoms with Crippen LogP contribution < -0.4 is 0 Å². The lowest BCUT2D eigenvalue weighted by molar-refractivity contribution is -0.367. The van der Waals surface area contributed by atoms with Gasteiger partial charge in [0.2, 0.25) is 12.0 Å². The maximum atomic E-state index is 11.1. The Morgan fingerprint density at radius 2 is 1.52 bits per heavy atom. The molecule has 0 saturated carbocycles. The second-order valence-electron chi connectivity index (χ2n) is 7.92. The van der Waals surface area contributed by atoms with Gasteiger partial charge < -0.3 is 69.6 Å². The van der Waals surface area contributed by atoms with E-state index in [0.29, 0.717) is 0 Å². The van der Waals surface area contributed by atoms with Crippen LogP contribution in [-0.2, 0) is 28.5 Å². The Labute approximate surface area is 186 Å². The fourth-order valence-electron chi connectivity index (χ4n) is 3.72. The molecular formula is C18H28O15. The fraction of sp³-hybridized carbons (Fsp3) is 0.833. The third-order valence-corrected chi connectivity index (χ3v) is 5.61. The predicted octanol–water partition coefficient (Wildman–Crippen LogP) is -5.30. The van der Waals surface area contributed by atoms with Crippen molar-refractivity contribution in [1.82, 2.24) is 0 Å². The molecule has 0 spiro atoms. The number of hydrogen-bond acceptors (Lipinski definition) is 14. The van der Waals surface area contributed by atoms with Crippen LogP contribution in [0.25, 0.3) is 0 Å². The van der Waals surface area contributed by atoms with Gasteiger partial charge in [-0.15, -0.1) is 0 Å². The lowest BCUT2D eigenvalue weighted by Crippen LogP contribution is -2.64. The SMILES string of the molecule is C[C@@H]1O[C@@H](O)[C@H](O[C@H]2OC(C(=O)O)=C[C@H](O)[C@H]2O)[C@H](O)[C@H]1O[C@@H]1O[C@H](CO)[C@H](O)[C@H](O)[C@H]1O. The van der Waals surface area contributed by atoms with Gasteiger partial charge >= 0.3 is 5.97 Å². The minimum Gasteiger partial charge on any atom is -0.475 e. The lowest BCUT2D eigenvalue weighted by atomic mass is 9.97. The zero-order chi connectivity index (χ0) is 24.6. The van der Waals surface area contributed by atoms with Crippen LogP contribution in [0.1, 0.15) is 6.92 Å². The van der Waals surface area contributed by atoms with Crippen molar-refractivity contribution in [2.24, 2.45) is 0 Å². The molecule has 0 amide bonds. The highest BCUT2D eigenvalue weighted by molar-refractivity contribution is 5.84. The molecule has 3 aliphatic rings. The fourth-order valence-corrected chi connectivity index (χ4v) is 3.72. The van der Waals surface area contributed by atoms with Gasteiger partial charge in [-0.1, -0.05) is 0 Å². The van der Waals surface area contributed by atoms with Gasteiger partial charge in [-0.25, -0.2) is 4.79 Å². The van der Waals surface area contributed by atoms with E-state index in [1.165, 1.54) is 6.92 Å². The maximum absolute atomic E-state index is 11.1. The molecule has 13 atom stereocenters. The first-order valence-corrected chi connectivity index (χ1v) is 10.1. The van der Waals surface area contributed by atoms with E-state index >= 15 is 0 Å². The Morgan fingerprint density at radius 1 is 0.879 bits per heavy atom. The lowest BCUT2D eigenvalue weighted by Gasteiger charge is -2.46. The van der Waals surface area contributed by atoms with Crippen LogP contribution in [0.15, 0.2) is 11.8 Å². The summed E-state index contributed by atoms with van der Waals surface area (Å²) in [6.45, 7) is 0.672. The molecule has 0 aliphatic carbocycles. The molecule has 0 bridgehead atoms. The van der Waals surface area contributed by atoms with E-state index in [4.69, 9.17) is 28.8 Å². The Morgan fingerprint density at radius 3 is 2.12 bits per heavy atom. The van der Waals surface area contributed by atoms with Crippen molar-refractivity contribution in [2.75, 3.05) is 6.61 Å². The van der Waals surface area contributed by atoms with Gasteiger partial charge in [0.1, 0.15) is 54.9 Å². The second-order valence-corrected chi connectivity index (χ2v) is 7.92. The van der Waals surface area contributed by atoms with Gasteiger partial charge in [0.25, 0.3) is 0 Å². The number of carboxylic acid groups (broad SMARTS) is 1. The molecule has 15 heteroatoms. The normalized spacial score (nSPS) is 48.6. The topological polar surface area (TPSA) is 245 Å². The van der Waals surface area contributed by atoms with Crippen molar-refractivity contribution in [2.45, 2.75) is 86.8 Å². The molecule has 0 aromatic heterocycles. The monoisotopic (exact) mass is 484 g/mol. The number of aliphatic carboxylic acids is 1. The molecule has 9 N–H and O–H groups in total. The molecule has 0 unspecified atom stereocenters. The van der Waals surface area contributed by atoms with E-state index in [1.807, 2.05) is 0 Å². The van der Waals surface area contributed by atoms with E-state index in [2.05, 4.69) is 0 Å². The summed E-state index contributed by atoms with van der Waals surface area (Å²) in [4.78, 5) is 11.1. The summed E-state index contributed by atoms with van der Waals surface area (Å²) in [7, 11) is 0. The summed E-state index contributed by atoms with van der Waals surface area (Å²) < 4.78 is 26.3. The molecule has 3 rings (SSSR count). The van der Waals surface area contributed by atoms with Crippen molar-refractivity contribution in [1.29, 1.82) is 0 Å². The number of rotatable bonds is 6. The third kappa shape index (κ3) is 5.29. The predicted molar refractivity (Wildman–Crippen MR) is 98.7 cm³/mol. The summed E-state index contributed by atoms with van der Waals surface area (Å²) in [5.74, 6) is -2.30. The van der Waals surface area contributed by atoms with Crippen LogP contribution in [0.2, 0.25) is 0 Å². The molecule has 15 nitrogen and oxygen atoms in total. The van der Waals surface area contributed by atoms with Gasteiger partial charge in [0, 0.05) is 0 Å². The molecule has 33 heavy (non-hydrogen) atoms. The van der Waals surface area contributed by atoms with Gasteiger partial charge in [0.05, 0.1) is 12.7 Å². The standard InChI is InChI=1S/C18H28O15/c1-4-13(32-18-11(24)10(23)9(22)7(3-19)31-18)12(25)14(16(28)29-4)33-17-8(21)5(20)2-6(30-17)15(26)27/h2,4-5,7-14,16-25,28H,3H2,1H3,(H,26,27)/t4-,5-,7+,8+,9-,10-,11+,12+,13-,14+,16+,17+,18-/m0/s1. The Kier molecular flexibility index (Phi) is 8.26. The van der Waals surface area contributed by atoms with Crippen LogP contribution in [0.4, 0.5) is 0 Å². The van der Waals surface area contributed by atoms with Crippen LogP contribution in [0, 0.1) is 0 Å². The van der Waals surface area contributed by atoms with Gasteiger partial charge in [0.15, 0.2) is 12.6 Å². The number of aliphatic hydroxyl groups is 8. The molecule has 2 fully saturated rings. The molecule has 2 saturated heterocycles. The van der Waals surface area contributed by atoms with Crippen LogP contribution >= 0.6 is 0 Å². The van der Waals surface area contributed by atoms with E-state index < -0.39 is 98.2 Å². The molecule has 3 heterocycles. The average molecular weight is 484 g/mol. The summed E-state index contributed by atoms with van der Waals surface area (Å²) in [6.07, 6.45) is -20.3. The summed E-state index contributed by atoms with van der Waals surface area (Å²) in [5.41, 5.74) is 0. The van der Waals surface area contributed by atoms with E-state index in [-0.39, 0.29) is 0 Å². The van der Waals surface area contributed by atoms with E-state index in [9.17, 15) is 45.6 Å². The third-order valence-electron chi connectivity index (χ3n) is 5.61. The minimum atomic E-state index is -1.82. The zero-order valence-corrected chi connectivity index (χ0v) is 17.3. The Hall–Kier alpha value is -1.47. The molecule has 3 aliphatic heterocycles. The first-order chi connectivity index (χ1) is 15.5. The van der Waals surface area contributed by atoms with Crippen molar-refractivity contribution < 1.29 is 74.4 Å². The summed E-state index contributed by atoms with van der Waals surface area (Å²) in [5, 5.41) is 89.2. The van der Waals surface area contributed by atoms with Gasteiger partial charge in [-0.3, -0.25) is 0 Å². The highest BCUT2D eigenvalue weighted by atomic mass is 16.7. The van der Waals surface area contributed by atoms with Crippen LogP contribution in [-0.4, -0.2) is 138 Å². The Balaban J connectivity index is 1.74. The van der Waals surface area contributed by atoms with Crippen molar-refractivity contribution in [3.8, 4) is 0 Å². The maximum Gasteiger partial charge on any atom is 0.371 e. The zero-order valence-electron chi connectivity index (χ0n) is 17.3. The highest BCUT2D eigenvalue weighted by Crippen LogP contribution is 2.31. The van der Waals surface area contributed by atoms with Gasteiger partial charge in [-0.2, -0.15) is 0 Å². The number of carbonyl (C=O) groups is 1. The molecule has 190 valence electrons. The van der Waals surface area contributed by atoms with Crippen molar-refractivity contribution >= 4 is 5.97 Å². The number of hydrogen-bond donors (Lipinski definition) is 9. The number of ether oxygens (including phenoxy) is 5. The van der Waals surface area contributed by atoms with E-state index in [0.717, 1.165) is 6.08 Å². The molecule has 0 aromatic carbocycles. The van der Waals surface area contributed by atoms with E-state index in [1.54, 1.807) is 0 Å². The summed E-state index contributed by atoms with van der Waals surface area (Å²) >= 11 is 0. The van der Waals surface area contributed by atoms with Crippen LogP contribution in [0.3, 0.4) is 0 Å². The molecule has 0 aromatic rings. The first-order valence-electron chi connectivity index (χ1n) is 10.1. The number of aliphatic hydroxyl groups excluding tert-OH is 8. The van der Waals surface area contributed by atoms with Crippen molar-refractivity contribution in [3.05, 3.63) is 11.8 Å². The Bertz CT molecular complexity index is 715. The average Bonchev–Trinajstić information content (AvgIpc) is 2.76. The number of carboxylic acids is 1. The highest BCUT2D eigenvalue weighted by Gasteiger charge is 2.51. The molecule has 0 radical (unpaired) electrons. The van der Waals surface area contributed by atoms with Gasteiger partial charge in [-0.05, 0) is 13.0 Å². The summed E-state index contributed by atoms with van der Waals surface area (Å²) in [6, 6.07) is 0. The largest absolute Gasteiger partial charge is 0.475 e. The van der Waals surface area contributed by atoms with Crippen molar-refractivity contribution in [3.63, 3.8) is 0 Å². The smallest absolute Gasteiger partial charge is 0.371 e. The second kappa shape index (κ2) is 10.4.